The van der Waals surface area contributed by atoms with E-state index in [2.05, 4.69) is 11.4 Å². The summed E-state index contributed by atoms with van der Waals surface area (Å²) < 4.78 is 6.01. The van der Waals surface area contributed by atoms with Crippen LogP contribution in [0.25, 0.3) is 22.5 Å². The summed E-state index contributed by atoms with van der Waals surface area (Å²) in [6.45, 7) is 0. The maximum atomic E-state index is 12.7. The van der Waals surface area contributed by atoms with Gasteiger partial charge in [-0.1, -0.05) is 78.3 Å². The minimum absolute atomic E-state index is 0.107. The highest BCUT2D eigenvalue weighted by Gasteiger charge is 2.24. The normalized spacial score (nSPS) is 10.3. The Morgan fingerprint density at radius 3 is 2.17 bits per heavy atom. The lowest BCUT2D eigenvalue weighted by Gasteiger charge is -2.03. The number of nitrogens with one attached hydrogen (secondary N) is 1. The first-order valence-electron chi connectivity index (χ1n) is 8.92. The predicted octanol–water partition coefficient (Wildman–Crippen LogP) is 6.39. The number of carbonyl (C=O) groups is 1. The maximum absolute atomic E-state index is 12.7. The molecular weight excluding hydrogens is 384 g/mol. The van der Waals surface area contributed by atoms with Gasteiger partial charge in [-0.15, -0.1) is 0 Å². The number of furan rings is 1. The molecule has 0 saturated carbocycles. The summed E-state index contributed by atoms with van der Waals surface area (Å²) in [5.74, 6) is 0.224. The lowest BCUT2D eigenvalue weighted by Crippen LogP contribution is -2.12. The first-order chi connectivity index (χ1) is 14.2. The highest BCUT2D eigenvalue weighted by Crippen LogP contribution is 2.41. The Morgan fingerprint density at radius 2 is 1.55 bits per heavy atom. The molecule has 0 unspecified atom stereocenters. The van der Waals surface area contributed by atoms with Crippen molar-refractivity contribution in [2.75, 3.05) is 5.32 Å². The highest BCUT2D eigenvalue weighted by atomic mass is 35.5. The Balaban J connectivity index is 1.84. The number of hydrogen-bond acceptors (Lipinski definition) is 3. The zero-order chi connectivity index (χ0) is 20.2. The van der Waals surface area contributed by atoms with Crippen LogP contribution in [0, 0.1) is 11.3 Å². The van der Waals surface area contributed by atoms with E-state index in [0.717, 1.165) is 11.1 Å². The van der Waals surface area contributed by atoms with Crippen molar-refractivity contribution in [3.05, 3.63) is 101 Å². The van der Waals surface area contributed by atoms with Gasteiger partial charge in [0.05, 0.1) is 0 Å². The van der Waals surface area contributed by atoms with E-state index in [4.69, 9.17) is 16.0 Å². The van der Waals surface area contributed by atoms with Crippen LogP contribution in [0.2, 0.25) is 5.02 Å². The summed E-state index contributed by atoms with van der Waals surface area (Å²) in [6, 6.07) is 27.7. The van der Waals surface area contributed by atoms with Gasteiger partial charge >= 0.3 is 0 Å². The fraction of sp³-hybridized carbons (Fsp3) is 0. The smallest absolute Gasteiger partial charge is 0.258 e. The number of amides is 1. The van der Waals surface area contributed by atoms with Crippen LogP contribution in [-0.4, -0.2) is 5.91 Å². The molecule has 4 aromatic rings. The van der Waals surface area contributed by atoms with Gasteiger partial charge < -0.3 is 4.42 Å². The number of carbonyl (C=O) groups excluding carboxylic acids is 1. The molecule has 140 valence electrons. The fourth-order valence-electron chi connectivity index (χ4n) is 3.10. The quantitative estimate of drug-likeness (QED) is 0.433. The topological polar surface area (TPSA) is 66.0 Å². The van der Waals surface area contributed by atoms with Gasteiger partial charge in [-0.05, 0) is 23.8 Å². The van der Waals surface area contributed by atoms with Crippen molar-refractivity contribution in [1.29, 1.82) is 5.26 Å². The van der Waals surface area contributed by atoms with Crippen LogP contribution in [-0.2, 0) is 0 Å². The Kier molecular flexibility index (Phi) is 5.15. The van der Waals surface area contributed by atoms with E-state index in [1.165, 1.54) is 0 Å². The predicted molar refractivity (Wildman–Crippen MR) is 114 cm³/mol. The molecule has 4 nitrogen and oxygen atoms in total. The summed E-state index contributed by atoms with van der Waals surface area (Å²) in [5, 5.41) is 13.0. The van der Waals surface area contributed by atoms with E-state index < -0.39 is 5.91 Å². The molecule has 1 amide bonds. The Hall–Kier alpha value is -3.81. The lowest BCUT2D eigenvalue weighted by molar-refractivity contribution is 0.102. The molecule has 0 atom stereocenters. The number of nitriles is 1. The van der Waals surface area contributed by atoms with Gasteiger partial charge in [0.2, 0.25) is 5.88 Å². The number of hydrogen-bond donors (Lipinski definition) is 1. The van der Waals surface area contributed by atoms with E-state index in [9.17, 15) is 10.1 Å². The van der Waals surface area contributed by atoms with Crippen molar-refractivity contribution < 1.29 is 9.21 Å². The highest BCUT2D eigenvalue weighted by molar-refractivity contribution is 6.31. The van der Waals surface area contributed by atoms with Gasteiger partial charge in [0.25, 0.3) is 5.91 Å². The van der Waals surface area contributed by atoms with Crippen LogP contribution >= 0.6 is 11.6 Å². The molecule has 1 aromatic heterocycles. The van der Waals surface area contributed by atoms with E-state index in [1.807, 2.05) is 60.7 Å². The average Bonchev–Trinajstić information content (AvgIpc) is 3.13. The maximum Gasteiger partial charge on any atom is 0.258 e. The standard InChI is InChI=1S/C24H15ClN2O2/c25-19-13-7-12-18(14-19)23(28)27-24-20(15-26)21(16-8-3-1-4-9-16)22(29-24)17-10-5-2-6-11-17/h1-14H,(H,27,28). The zero-order valence-electron chi connectivity index (χ0n) is 15.2. The second-order valence-corrected chi connectivity index (χ2v) is 6.76. The second kappa shape index (κ2) is 8.05. The summed E-state index contributed by atoms with van der Waals surface area (Å²) >= 11 is 5.98. The van der Waals surface area contributed by atoms with Crippen molar-refractivity contribution in [2.24, 2.45) is 0 Å². The average molecular weight is 399 g/mol. The fourth-order valence-corrected chi connectivity index (χ4v) is 3.29. The molecule has 0 radical (unpaired) electrons. The minimum atomic E-state index is -0.406. The largest absolute Gasteiger partial charge is 0.438 e. The van der Waals surface area contributed by atoms with Crippen molar-refractivity contribution in [3.63, 3.8) is 0 Å². The first-order valence-corrected chi connectivity index (χ1v) is 9.30. The van der Waals surface area contributed by atoms with Crippen molar-refractivity contribution in [1.82, 2.24) is 0 Å². The van der Waals surface area contributed by atoms with E-state index >= 15 is 0 Å². The third-order valence-electron chi connectivity index (χ3n) is 4.43. The zero-order valence-corrected chi connectivity index (χ0v) is 16.0. The van der Waals surface area contributed by atoms with E-state index in [0.29, 0.717) is 21.9 Å². The van der Waals surface area contributed by atoms with Crippen LogP contribution in [0.5, 0.6) is 0 Å². The van der Waals surface area contributed by atoms with Gasteiger partial charge in [-0.3, -0.25) is 10.1 Å². The summed E-state index contributed by atoms with van der Waals surface area (Å²) in [7, 11) is 0. The van der Waals surface area contributed by atoms with Crippen molar-refractivity contribution in [2.45, 2.75) is 0 Å². The molecule has 4 rings (SSSR count). The SMILES string of the molecule is N#Cc1c(NC(=O)c2cccc(Cl)c2)oc(-c2ccccc2)c1-c1ccccc1. The third kappa shape index (κ3) is 3.77. The van der Waals surface area contributed by atoms with Crippen LogP contribution in [0.15, 0.2) is 89.3 Å². The molecule has 0 saturated heterocycles. The summed E-state index contributed by atoms with van der Waals surface area (Å²) in [5.41, 5.74) is 2.92. The lowest BCUT2D eigenvalue weighted by atomic mass is 9.98. The monoisotopic (exact) mass is 398 g/mol. The molecular formula is C24H15ClN2O2. The van der Waals surface area contributed by atoms with Gasteiger partial charge in [-0.2, -0.15) is 5.26 Å². The molecule has 5 heteroatoms. The number of halogens is 1. The number of rotatable bonds is 4. The van der Waals surface area contributed by atoms with Gasteiger partial charge in [0, 0.05) is 21.7 Å². The Labute approximate surface area is 173 Å². The number of benzene rings is 3. The Bertz CT molecular complexity index is 1210. The molecule has 1 heterocycles. The van der Waals surface area contributed by atoms with Crippen LogP contribution < -0.4 is 5.32 Å². The van der Waals surface area contributed by atoms with Gasteiger partial charge in [-0.25, -0.2) is 0 Å². The van der Waals surface area contributed by atoms with Crippen LogP contribution in [0.4, 0.5) is 5.88 Å². The Morgan fingerprint density at radius 1 is 0.897 bits per heavy atom. The summed E-state index contributed by atoms with van der Waals surface area (Å²) in [6.07, 6.45) is 0. The number of anilines is 1. The van der Waals surface area contributed by atoms with E-state index in [-0.39, 0.29) is 11.4 Å². The number of nitrogens with zero attached hydrogens (tertiary/aromatic N) is 1. The molecule has 0 aliphatic rings. The van der Waals surface area contributed by atoms with Crippen LogP contribution in [0.1, 0.15) is 15.9 Å². The van der Waals surface area contributed by atoms with Crippen LogP contribution in [0.3, 0.4) is 0 Å². The second-order valence-electron chi connectivity index (χ2n) is 6.32. The van der Waals surface area contributed by atoms with E-state index in [1.54, 1.807) is 24.3 Å². The molecule has 0 fully saturated rings. The molecule has 1 N–H and O–H groups in total. The van der Waals surface area contributed by atoms with Gasteiger partial charge in [0.1, 0.15) is 17.4 Å². The third-order valence-corrected chi connectivity index (χ3v) is 4.67. The van der Waals surface area contributed by atoms with Gasteiger partial charge in [0.15, 0.2) is 0 Å². The molecule has 0 spiro atoms. The molecule has 0 aliphatic carbocycles. The van der Waals surface area contributed by atoms with Crippen molar-refractivity contribution >= 4 is 23.4 Å². The minimum Gasteiger partial charge on any atom is -0.438 e. The molecule has 3 aromatic carbocycles. The summed E-state index contributed by atoms with van der Waals surface area (Å²) in [4.78, 5) is 12.7. The first kappa shape index (κ1) is 18.5. The molecule has 0 aliphatic heterocycles. The molecule has 0 bridgehead atoms. The molecule has 29 heavy (non-hydrogen) atoms. The van der Waals surface area contributed by atoms with Crippen molar-refractivity contribution in [3.8, 4) is 28.5 Å².